The molecule has 2 aromatic rings. The average molecular weight is 379 g/mol. The van der Waals surface area contributed by atoms with Crippen LogP contribution in [0.2, 0.25) is 0 Å². The lowest BCUT2D eigenvalue weighted by Crippen LogP contribution is -2.59. The summed E-state index contributed by atoms with van der Waals surface area (Å²) in [5, 5.41) is 0. The zero-order valence-electron chi connectivity index (χ0n) is 14.2. The Morgan fingerprint density at radius 1 is 1.04 bits per heavy atom. The number of rotatable bonds is 4. The van der Waals surface area contributed by atoms with Gasteiger partial charge in [-0.2, -0.15) is 0 Å². The monoisotopic (exact) mass is 379 g/mol. The van der Waals surface area contributed by atoms with E-state index in [0.29, 0.717) is 24.5 Å². The van der Waals surface area contributed by atoms with Crippen molar-refractivity contribution in [2.24, 2.45) is 0 Å². The Balaban J connectivity index is 1.66. The van der Waals surface area contributed by atoms with Crippen molar-refractivity contribution >= 4 is 5.78 Å². The molecule has 1 spiro atoms. The van der Waals surface area contributed by atoms with Gasteiger partial charge in [-0.25, -0.2) is 0 Å². The van der Waals surface area contributed by atoms with Crippen LogP contribution in [0.3, 0.4) is 0 Å². The molecule has 0 N–H and O–H groups in total. The number of carbonyl (C=O) groups is 1. The lowest BCUT2D eigenvalue weighted by Gasteiger charge is -2.51. The summed E-state index contributed by atoms with van der Waals surface area (Å²) in [7, 11) is 0. The minimum absolute atomic E-state index is 0.211. The summed E-state index contributed by atoms with van der Waals surface area (Å²) < 4.78 is 52.4. The summed E-state index contributed by atoms with van der Waals surface area (Å²) in [6.45, 7) is 0.901. The normalized spacial score (nSPS) is 20.3. The Labute approximate surface area is 153 Å². The quantitative estimate of drug-likeness (QED) is 0.760. The number of hydrogen-bond acceptors (Lipinski definition) is 5. The largest absolute Gasteiger partial charge is 0.573 e. The Bertz CT molecular complexity index is 822. The third kappa shape index (κ3) is 3.30. The molecule has 1 aliphatic carbocycles. The van der Waals surface area contributed by atoms with Crippen LogP contribution in [0.25, 0.3) is 0 Å². The first-order valence-corrected chi connectivity index (χ1v) is 8.42. The van der Waals surface area contributed by atoms with Crippen LogP contribution in [0.5, 0.6) is 5.75 Å². The van der Waals surface area contributed by atoms with Gasteiger partial charge in [0.15, 0.2) is 11.6 Å². The van der Waals surface area contributed by atoms with E-state index >= 15 is 0 Å². The van der Waals surface area contributed by atoms with E-state index in [1.165, 1.54) is 30.5 Å². The number of benzene rings is 1. The van der Waals surface area contributed by atoms with Gasteiger partial charge in [0, 0.05) is 19.0 Å². The lowest BCUT2D eigenvalue weighted by atomic mass is 9.57. The third-order valence-electron chi connectivity index (χ3n) is 4.93. The molecule has 2 aliphatic rings. The van der Waals surface area contributed by atoms with Crippen molar-refractivity contribution in [1.29, 1.82) is 0 Å². The Morgan fingerprint density at radius 2 is 1.70 bits per heavy atom. The molecule has 2 heterocycles. The van der Waals surface area contributed by atoms with Crippen LogP contribution in [0.15, 0.2) is 48.7 Å². The van der Waals surface area contributed by atoms with Gasteiger partial charge in [-0.1, -0.05) is 18.2 Å². The molecule has 0 amide bonds. The first-order chi connectivity index (χ1) is 12.8. The molecule has 0 radical (unpaired) electrons. The van der Waals surface area contributed by atoms with Crippen molar-refractivity contribution in [3.63, 3.8) is 0 Å². The number of pyridine rings is 1. The molecule has 2 fully saturated rings. The van der Waals surface area contributed by atoms with Gasteiger partial charge in [0.05, 0.1) is 18.6 Å². The first kappa shape index (κ1) is 17.9. The summed E-state index contributed by atoms with van der Waals surface area (Å²) in [6, 6.07) is 10.4. The highest BCUT2D eigenvalue weighted by molar-refractivity contribution is 6.03. The van der Waals surface area contributed by atoms with Crippen LogP contribution in [0, 0.1) is 0 Å². The molecular weight excluding hydrogens is 363 g/mol. The topological polar surface area (TPSA) is 57.7 Å². The smallest absolute Gasteiger partial charge is 0.406 e. The summed E-state index contributed by atoms with van der Waals surface area (Å²) in [6.07, 6.45) is -2.67. The van der Waals surface area contributed by atoms with E-state index < -0.39 is 17.6 Å². The highest BCUT2D eigenvalue weighted by Gasteiger charge is 2.63. The van der Waals surface area contributed by atoms with Gasteiger partial charge >= 0.3 is 6.36 Å². The van der Waals surface area contributed by atoms with Crippen molar-refractivity contribution in [3.8, 4) is 5.75 Å². The van der Waals surface area contributed by atoms with Gasteiger partial charge in [-0.3, -0.25) is 9.78 Å². The minimum atomic E-state index is -4.77. The number of halogens is 3. The molecule has 1 aromatic carbocycles. The predicted octanol–water partition coefficient (Wildman–Crippen LogP) is 3.64. The number of ketones is 1. The molecule has 1 aliphatic heterocycles. The molecule has 0 atom stereocenters. The van der Waals surface area contributed by atoms with E-state index in [4.69, 9.17) is 9.47 Å². The fourth-order valence-electron chi connectivity index (χ4n) is 3.78. The molecule has 142 valence electrons. The van der Waals surface area contributed by atoms with Crippen molar-refractivity contribution < 1.29 is 32.2 Å². The van der Waals surface area contributed by atoms with Gasteiger partial charge in [-0.15, -0.1) is 13.2 Å². The third-order valence-corrected chi connectivity index (χ3v) is 4.93. The number of ether oxygens (including phenoxy) is 3. The summed E-state index contributed by atoms with van der Waals surface area (Å²) in [4.78, 5) is 17.3. The fourth-order valence-corrected chi connectivity index (χ4v) is 3.78. The average Bonchev–Trinajstić information content (AvgIpc) is 3.09. The van der Waals surface area contributed by atoms with E-state index in [1.807, 2.05) is 0 Å². The highest BCUT2D eigenvalue weighted by Crippen LogP contribution is 2.55. The van der Waals surface area contributed by atoms with Gasteiger partial charge < -0.3 is 14.2 Å². The maximum absolute atomic E-state index is 13.2. The van der Waals surface area contributed by atoms with E-state index in [9.17, 15) is 18.0 Å². The number of aromatic nitrogens is 1. The Kier molecular flexibility index (Phi) is 4.20. The number of alkyl halides is 3. The maximum atomic E-state index is 13.2. The first-order valence-electron chi connectivity index (χ1n) is 8.42. The van der Waals surface area contributed by atoms with Crippen LogP contribution >= 0.6 is 0 Å². The zero-order chi connectivity index (χ0) is 19.1. The molecule has 5 nitrogen and oxygen atoms in total. The molecule has 1 aromatic heterocycles. The number of hydrogen-bond donors (Lipinski definition) is 0. The molecule has 1 saturated heterocycles. The summed E-state index contributed by atoms with van der Waals surface area (Å²) >= 11 is 0. The Hall–Kier alpha value is -2.45. The van der Waals surface area contributed by atoms with Gasteiger partial charge in [0.1, 0.15) is 11.4 Å². The highest BCUT2D eigenvalue weighted by atomic mass is 19.4. The molecular formula is C19H16F3NO4. The molecule has 1 saturated carbocycles. The molecule has 0 unspecified atom stereocenters. The van der Waals surface area contributed by atoms with Crippen LogP contribution < -0.4 is 4.74 Å². The van der Waals surface area contributed by atoms with Crippen LogP contribution in [0.4, 0.5) is 13.2 Å². The van der Waals surface area contributed by atoms with E-state index in [2.05, 4.69) is 9.72 Å². The van der Waals surface area contributed by atoms with Crippen molar-refractivity contribution in [2.75, 3.05) is 13.2 Å². The van der Waals surface area contributed by atoms with Crippen LogP contribution in [-0.2, 0) is 14.9 Å². The van der Waals surface area contributed by atoms with E-state index in [-0.39, 0.29) is 24.4 Å². The van der Waals surface area contributed by atoms with Crippen molar-refractivity contribution in [2.45, 2.75) is 30.4 Å². The van der Waals surface area contributed by atoms with Gasteiger partial charge in [-0.05, 0) is 29.8 Å². The fraction of sp³-hybridized carbons (Fsp3) is 0.368. The maximum Gasteiger partial charge on any atom is 0.573 e. The Morgan fingerprint density at radius 3 is 2.26 bits per heavy atom. The van der Waals surface area contributed by atoms with Crippen molar-refractivity contribution in [1.82, 2.24) is 4.98 Å². The van der Waals surface area contributed by atoms with Gasteiger partial charge in [0.25, 0.3) is 0 Å². The second-order valence-corrected chi connectivity index (χ2v) is 6.66. The predicted molar refractivity (Wildman–Crippen MR) is 87.2 cm³/mol. The van der Waals surface area contributed by atoms with Crippen molar-refractivity contribution in [3.05, 3.63) is 59.9 Å². The lowest BCUT2D eigenvalue weighted by molar-refractivity contribution is -0.274. The second-order valence-electron chi connectivity index (χ2n) is 6.66. The zero-order valence-corrected chi connectivity index (χ0v) is 14.2. The van der Waals surface area contributed by atoms with E-state index in [1.54, 1.807) is 18.2 Å². The SMILES string of the molecule is O=C(c1ccccn1)C1(c2ccc(OC(F)(F)F)cc2)CC2(C1)OCCO2. The van der Waals surface area contributed by atoms with E-state index in [0.717, 1.165) is 0 Å². The number of nitrogens with zero attached hydrogens (tertiary/aromatic N) is 1. The van der Waals surface area contributed by atoms with Crippen LogP contribution in [-0.4, -0.2) is 36.1 Å². The second kappa shape index (κ2) is 6.31. The molecule has 27 heavy (non-hydrogen) atoms. The van der Waals surface area contributed by atoms with Crippen LogP contribution in [0.1, 0.15) is 28.9 Å². The molecule has 0 bridgehead atoms. The number of Topliss-reactive ketones (excluding diaryl/α,β-unsaturated/α-hetero) is 1. The standard InChI is InChI=1S/C19H16F3NO4/c20-19(21,22)27-14-6-4-13(5-7-14)17(11-18(12-17)25-9-10-26-18)16(24)15-3-1-2-8-23-15/h1-8H,9-12H2. The molecule has 8 heteroatoms. The molecule has 4 rings (SSSR count). The minimum Gasteiger partial charge on any atom is -0.406 e. The van der Waals surface area contributed by atoms with Gasteiger partial charge in [0.2, 0.25) is 0 Å². The summed E-state index contributed by atoms with van der Waals surface area (Å²) in [5.41, 5.74) is -0.0894. The summed E-state index contributed by atoms with van der Waals surface area (Å²) in [5.74, 6) is -1.36. The number of carbonyl (C=O) groups excluding carboxylic acids is 1.